The van der Waals surface area contributed by atoms with Crippen molar-refractivity contribution >= 4 is 38.2 Å². The number of thiophene rings is 1. The maximum absolute atomic E-state index is 12.8. The van der Waals surface area contributed by atoms with E-state index in [1.807, 2.05) is 37.3 Å². The van der Waals surface area contributed by atoms with Crippen LogP contribution in [0.5, 0.6) is 0 Å². The molecule has 1 saturated heterocycles. The fourth-order valence-electron chi connectivity index (χ4n) is 3.53. The topological polar surface area (TPSA) is 79.6 Å². The van der Waals surface area contributed by atoms with Crippen LogP contribution in [0.15, 0.2) is 56.5 Å². The normalized spacial score (nSPS) is 19.5. The summed E-state index contributed by atoms with van der Waals surface area (Å²) in [5.41, 5.74) is 0.782. The monoisotopic (exact) mass is 418 g/mol. The van der Waals surface area contributed by atoms with Gasteiger partial charge in [0.15, 0.2) is 0 Å². The average Bonchev–Trinajstić information content (AvgIpc) is 3.38. The highest BCUT2D eigenvalue weighted by molar-refractivity contribution is 7.91. The molecule has 3 heterocycles. The maximum Gasteiger partial charge on any atom is 0.252 e. The number of hydrogen-bond donors (Lipinski definition) is 1. The highest BCUT2D eigenvalue weighted by atomic mass is 32.2. The Bertz CT molecular complexity index is 1040. The van der Waals surface area contributed by atoms with Crippen LogP contribution in [0.3, 0.4) is 0 Å². The molecule has 1 fully saturated rings. The van der Waals surface area contributed by atoms with E-state index >= 15 is 0 Å². The van der Waals surface area contributed by atoms with E-state index in [2.05, 4.69) is 5.32 Å². The van der Waals surface area contributed by atoms with Gasteiger partial charge in [0.05, 0.1) is 12.0 Å². The predicted molar refractivity (Wildman–Crippen MR) is 109 cm³/mol. The number of nitrogens with zero attached hydrogens (tertiary/aromatic N) is 1. The van der Waals surface area contributed by atoms with Crippen LogP contribution >= 0.6 is 11.3 Å². The Morgan fingerprint density at radius 3 is 2.86 bits per heavy atom. The molecule has 0 spiro atoms. The number of nitrogens with one attached hydrogen (secondary N) is 1. The van der Waals surface area contributed by atoms with Gasteiger partial charge in [-0.2, -0.15) is 4.31 Å². The molecule has 2 aromatic heterocycles. The van der Waals surface area contributed by atoms with E-state index in [1.165, 1.54) is 15.6 Å². The Labute approximate surface area is 168 Å². The first kappa shape index (κ1) is 19.2. The SMILES string of the molecule is C[C@H](NC(=O)[C@H]1CCCN(S(=O)(=O)c2cccs2)C1)c1cc2ccccc2o1. The van der Waals surface area contributed by atoms with E-state index in [9.17, 15) is 13.2 Å². The average molecular weight is 419 g/mol. The third-order valence-corrected chi connectivity index (χ3v) is 8.31. The van der Waals surface area contributed by atoms with Gasteiger partial charge in [-0.1, -0.05) is 24.3 Å². The van der Waals surface area contributed by atoms with Crippen molar-refractivity contribution in [3.8, 4) is 0 Å². The molecule has 148 valence electrons. The smallest absolute Gasteiger partial charge is 0.252 e. The fraction of sp³-hybridized carbons (Fsp3) is 0.350. The lowest BCUT2D eigenvalue weighted by atomic mass is 9.98. The van der Waals surface area contributed by atoms with E-state index < -0.39 is 10.0 Å². The summed E-state index contributed by atoms with van der Waals surface area (Å²) in [6.07, 6.45) is 1.34. The number of benzene rings is 1. The lowest BCUT2D eigenvalue weighted by Gasteiger charge is -2.31. The zero-order valence-electron chi connectivity index (χ0n) is 15.5. The summed E-state index contributed by atoms with van der Waals surface area (Å²) >= 11 is 1.20. The van der Waals surface area contributed by atoms with Crippen LogP contribution in [0.1, 0.15) is 31.6 Å². The molecule has 0 aliphatic carbocycles. The molecule has 4 rings (SSSR count). The van der Waals surface area contributed by atoms with Crippen molar-refractivity contribution < 1.29 is 17.6 Å². The van der Waals surface area contributed by atoms with Gasteiger partial charge >= 0.3 is 0 Å². The van der Waals surface area contributed by atoms with Gasteiger partial charge < -0.3 is 9.73 Å². The molecule has 1 amide bonds. The molecule has 28 heavy (non-hydrogen) atoms. The summed E-state index contributed by atoms with van der Waals surface area (Å²) in [5.74, 6) is 0.183. The number of hydrogen-bond acceptors (Lipinski definition) is 5. The van der Waals surface area contributed by atoms with Crippen molar-refractivity contribution in [2.75, 3.05) is 13.1 Å². The Morgan fingerprint density at radius 1 is 1.29 bits per heavy atom. The van der Waals surface area contributed by atoms with Crippen LogP contribution < -0.4 is 5.32 Å². The number of amides is 1. The number of fused-ring (bicyclic) bond motifs is 1. The van der Waals surface area contributed by atoms with Crippen molar-refractivity contribution in [3.63, 3.8) is 0 Å². The minimum absolute atomic E-state index is 0.140. The lowest BCUT2D eigenvalue weighted by Crippen LogP contribution is -2.45. The van der Waals surface area contributed by atoms with Crippen molar-refractivity contribution in [2.24, 2.45) is 5.92 Å². The Morgan fingerprint density at radius 2 is 2.11 bits per heavy atom. The third-order valence-electron chi connectivity index (χ3n) is 5.07. The number of carbonyl (C=O) groups excluding carboxylic acids is 1. The number of rotatable bonds is 5. The standard InChI is InChI=1S/C20H22N2O4S2/c1-14(18-12-15-6-2-3-8-17(15)26-18)21-20(23)16-7-4-10-22(13-16)28(24,25)19-9-5-11-27-19/h2-3,5-6,8-9,11-12,14,16H,4,7,10,13H2,1H3,(H,21,23)/t14-,16-/m0/s1. The number of piperidine rings is 1. The number of furan rings is 1. The maximum atomic E-state index is 12.8. The van der Waals surface area contributed by atoms with E-state index in [4.69, 9.17) is 4.42 Å². The Balaban J connectivity index is 1.44. The van der Waals surface area contributed by atoms with Crippen LogP contribution in [0.2, 0.25) is 0 Å². The quantitative estimate of drug-likeness (QED) is 0.684. The number of carbonyl (C=O) groups is 1. The molecule has 1 N–H and O–H groups in total. The highest BCUT2D eigenvalue weighted by Gasteiger charge is 2.34. The number of sulfonamides is 1. The van der Waals surface area contributed by atoms with E-state index in [-0.39, 0.29) is 24.4 Å². The summed E-state index contributed by atoms with van der Waals surface area (Å²) < 4.78 is 33.1. The molecule has 1 aliphatic heterocycles. The third kappa shape index (κ3) is 3.72. The molecule has 0 bridgehead atoms. The van der Waals surface area contributed by atoms with Crippen LogP contribution in [-0.4, -0.2) is 31.7 Å². The first-order valence-electron chi connectivity index (χ1n) is 9.27. The highest BCUT2D eigenvalue weighted by Crippen LogP contribution is 2.28. The largest absolute Gasteiger partial charge is 0.459 e. The fourth-order valence-corrected chi connectivity index (χ4v) is 6.20. The molecular formula is C20H22N2O4S2. The second kappa shape index (κ2) is 7.69. The van der Waals surface area contributed by atoms with Gasteiger partial charge in [0.1, 0.15) is 15.6 Å². The van der Waals surface area contributed by atoms with Gasteiger partial charge in [-0.05, 0) is 43.3 Å². The van der Waals surface area contributed by atoms with Gasteiger partial charge in [0.25, 0.3) is 10.0 Å². The summed E-state index contributed by atoms with van der Waals surface area (Å²) in [6.45, 7) is 2.53. The molecule has 2 atom stereocenters. The van der Waals surface area contributed by atoms with E-state index in [0.717, 1.165) is 11.0 Å². The zero-order valence-corrected chi connectivity index (χ0v) is 17.1. The molecule has 8 heteroatoms. The molecule has 1 aromatic carbocycles. The van der Waals surface area contributed by atoms with Gasteiger partial charge in [0.2, 0.25) is 5.91 Å². The number of para-hydroxylation sites is 1. The van der Waals surface area contributed by atoms with Crippen LogP contribution in [0, 0.1) is 5.92 Å². The first-order valence-corrected chi connectivity index (χ1v) is 11.6. The van der Waals surface area contributed by atoms with E-state index in [1.54, 1.807) is 17.5 Å². The second-order valence-electron chi connectivity index (χ2n) is 7.05. The van der Waals surface area contributed by atoms with Gasteiger partial charge in [-0.15, -0.1) is 11.3 Å². The minimum Gasteiger partial charge on any atom is -0.459 e. The predicted octanol–water partition coefficient (Wildman–Crippen LogP) is 3.77. The van der Waals surface area contributed by atoms with Crippen molar-refractivity contribution in [1.29, 1.82) is 0 Å². The first-order chi connectivity index (χ1) is 13.4. The lowest BCUT2D eigenvalue weighted by molar-refractivity contribution is -0.126. The molecular weight excluding hydrogens is 396 g/mol. The summed E-state index contributed by atoms with van der Waals surface area (Å²) in [4.78, 5) is 12.8. The molecule has 0 saturated carbocycles. The van der Waals surface area contributed by atoms with Crippen molar-refractivity contribution in [3.05, 3.63) is 53.6 Å². The minimum atomic E-state index is -3.53. The molecule has 3 aromatic rings. The Hall–Kier alpha value is -2.16. The van der Waals surface area contributed by atoms with Gasteiger partial charge in [0, 0.05) is 18.5 Å². The van der Waals surface area contributed by atoms with Crippen molar-refractivity contribution in [2.45, 2.75) is 30.0 Å². The second-order valence-corrected chi connectivity index (χ2v) is 10.2. The molecule has 1 aliphatic rings. The van der Waals surface area contributed by atoms with E-state index in [0.29, 0.717) is 29.4 Å². The zero-order chi connectivity index (χ0) is 19.7. The Kier molecular flexibility index (Phi) is 5.27. The molecule has 0 unspecified atom stereocenters. The molecule has 0 radical (unpaired) electrons. The summed E-state index contributed by atoms with van der Waals surface area (Å²) in [7, 11) is -3.53. The molecule has 6 nitrogen and oxygen atoms in total. The van der Waals surface area contributed by atoms with Gasteiger partial charge in [-0.25, -0.2) is 8.42 Å². The summed E-state index contributed by atoms with van der Waals surface area (Å²) in [6, 6.07) is 12.7. The van der Waals surface area contributed by atoms with Crippen LogP contribution in [-0.2, 0) is 14.8 Å². The van der Waals surface area contributed by atoms with Crippen LogP contribution in [0.25, 0.3) is 11.0 Å². The van der Waals surface area contributed by atoms with Crippen molar-refractivity contribution in [1.82, 2.24) is 9.62 Å². The van der Waals surface area contributed by atoms with Gasteiger partial charge in [-0.3, -0.25) is 4.79 Å². The summed E-state index contributed by atoms with van der Waals surface area (Å²) in [5, 5.41) is 5.72. The van der Waals surface area contributed by atoms with Crippen LogP contribution in [0.4, 0.5) is 0 Å².